The first-order valence-corrected chi connectivity index (χ1v) is 10.1. The molecule has 2 N–H and O–H groups in total. The van der Waals surface area contributed by atoms with Crippen molar-refractivity contribution in [2.45, 2.75) is 19.8 Å². The van der Waals surface area contributed by atoms with Crippen LogP contribution in [-0.4, -0.2) is 11.6 Å². The molecule has 30 heavy (non-hydrogen) atoms. The lowest BCUT2D eigenvalue weighted by molar-refractivity contribution is 0.310. The van der Waals surface area contributed by atoms with Gasteiger partial charge in [-0.3, -0.25) is 4.98 Å². The van der Waals surface area contributed by atoms with Crippen LogP contribution in [0, 0.1) is 0 Å². The highest BCUT2D eigenvalue weighted by Gasteiger charge is 2.07. The number of pyridine rings is 1. The van der Waals surface area contributed by atoms with Crippen LogP contribution in [0.2, 0.25) is 0 Å². The normalized spacial score (nSPS) is 11.2. The minimum absolute atomic E-state index is 0.625. The second kappa shape index (κ2) is 9.18. The standard InChI is InChI=1S/C25H24N4O/c1-2-3-16-30-24-11-7-6-10-21(24)22-15-13-19(17-27-22)28-29-23-14-12-18-8-4-5-9-20(18)25(23)26/h4-15,17H,2-3,16,26H2,1H3. The first-order valence-electron chi connectivity index (χ1n) is 10.1. The third-order valence-corrected chi connectivity index (χ3v) is 4.89. The summed E-state index contributed by atoms with van der Waals surface area (Å²) in [5.74, 6) is 0.844. The highest BCUT2D eigenvalue weighted by atomic mass is 16.5. The molecule has 0 aliphatic carbocycles. The maximum Gasteiger partial charge on any atom is 0.128 e. The Bertz CT molecular complexity index is 1170. The van der Waals surface area contributed by atoms with Gasteiger partial charge in [0.25, 0.3) is 0 Å². The highest BCUT2D eigenvalue weighted by Crippen LogP contribution is 2.33. The monoisotopic (exact) mass is 396 g/mol. The number of benzene rings is 3. The molecule has 0 saturated carbocycles. The topological polar surface area (TPSA) is 72.9 Å². The van der Waals surface area contributed by atoms with Crippen molar-refractivity contribution in [3.8, 4) is 17.0 Å². The third-order valence-electron chi connectivity index (χ3n) is 4.89. The van der Waals surface area contributed by atoms with E-state index in [0.29, 0.717) is 23.7 Å². The van der Waals surface area contributed by atoms with E-state index in [0.717, 1.165) is 40.6 Å². The zero-order chi connectivity index (χ0) is 20.8. The number of unbranched alkanes of at least 4 members (excludes halogenated alkanes) is 1. The molecule has 0 atom stereocenters. The molecule has 0 saturated heterocycles. The Balaban J connectivity index is 1.54. The molecule has 4 rings (SSSR count). The maximum atomic E-state index is 6.27. The van der Waals surface area contributed by atoms with Crippen molar-refractivity contribution in [3.05, 3.63) is 79.0 Å². The van der Waals surface area contributed by atoms with Crippen LogP contribution in [0.25, 0.3) is 22.0 Å². The number of ether oxygens (including phenoxy) is 1. The zero-order valence-electron chi connectivity index (χ0n) is 17.0. The summed E-state index contributed by atoms with van der Waals surface area (Å²) in [6.07, 6.45) is 3.83. The van der Waals surface area contributed by atoms with Crippen LogP contribution in [0.3, 0.4) is 0 Å². The summed E-state index contributed by atoms with van der Waals surface area (Å²) in [6, 6.07) is 23.6. The van der Waals surface area contributed by atoms with Gasteiger partial charge in [-0.25, -0.2) is 0 Å². The van der Waals surface area contributed by atoms with E-state index in [1.165, 1.54) is 0 Å². The SMILES string of the molecule is CCCCOc1ccccc1-c1ccc(N=Nc2ccc3ccccc3c2N)cn1. The molecule has 0 unspecified atom stereocenters. The second-order valence-electron chi connectivity index (χ2n) is 7.02. The van der Waals surface area contributed by atoms with Gasteiger partial charge < -0.3 is 10.5 Å². The van der Waals surface area contributed by atoms with E-state index in [-0.39, 0.29) is 0 Å². The number of hydrogen-bond acceptors (Lipinski definition) is 5. The van der Waals surface area contributed by atoms with Crippen molar-refractivity contribution in [1.82, 2.24) is 4.98 Å². The fraction of sp³-hybridized carbons (Fsp3) is 0.160. The lowest BCUT2D eigenvalue weighted by Gasteiger charge is -2.10. The summed E-state index contributed by atoms with van der Waals surface area (Å²) in [4.78, 5) is 4.56. The summed E-state index contributed by atoms with van der Waals surface area (Å²) in [6.45, 7) is 2.85. The fourth-order valence-electron chi connectivity index (χ4n) is 3.22. The molecule has 4 aromatic rings. The van der Waals surface area contributed by atoms with Crippen molar-refractivity contribution >= 4 is 27.8 Å². The number of azo groups is 1. The summed E-state index contributed by atoms with van der Waals surface area (Å²) in [5, 5.41) is 10.7. The molecule has 0 radical (unpaired) electrons. The van der Waals surface area contributed by atoms with Gasteiger partial charge in [0, 0.05) is 10.9 Å². The lowest BCUT2D eigenvalue weighted by atomic mass is 10.1. The molecule has 3 aromatic carbocycles. The molecule has 5 heteroatoms. The van der Waals surface area contributed by atoms with Gasteiger partial charge in [-0.05, 0) is 42.1 Å². The molecule has 150 valence electrons. The molecule has 0 spiro atoms. The first kappa shape index (κ1) is 19.6. The number of hydrogen-bond donors (Lipinski definition) is 1. The molecule has 5 nitrogen and oxygen atoms in total. The molecular weight excluding hydrogens is 372 g/mol. The number of aromatic nitrogens is 1. The number of rotatable bonds is 7. The Labute approximate surface area is 176 Å². The summed E-state index contributed by atoms with van der Waals surface area (Å²) < 4.78 is 5.92. The largest absolute Gasteiger partial charge is 0.493 e. The predicted octanol–water partition coefficient (Wildman–Crippen LogP) is 7.08. The van der Waals surface area contributed by atoms with Crippen LogP contribution in [0.5, 0.6) is 5.75 Å². The van der Waals surface area contributed by atoms with Gasteiger partial charge in [0.15, 0.2) is 0 Å². The zero-order valence-corrected chi connectivity index (χ0v) is 17.0. The summed E-state index contributed by atoms with van der Waals surface area (Å²) >= 11 is 0. The van der Waals surface area contributed by atoms with Crippen molar-refractivity contribution in [2.24, 2.45) is 10.2 Å². The van der Waals surface area contributed by atoms with Gasteiger partial charge in [-0.2, -0.15) is 0 Å². The number of nitrogen functional groups attached to an aromatic ring is 1. The molecule has 0 bridgehead atoms. The highest BCUT2D eigenvalue weighted by molar-refractivity contribution is 5.97. The fourth-order valence-corrected chi connectivity index (χ4v) is 3.22. The number of nitrogens with two attached hydrogens (primary N) is 1. The number of nitrogens with zero attached hydrogens (tertiary/aromatic N) is 3. The molecule has 1 aromatic heterocycles. The minimum Gasteiger partial charge on any atom is -0.493 e. The van der Waals surface area contributed by atoms with Crippen molar-refractivity contribution < 1.29 is 4.74 Å². The van der Waals surface area contributed by atoms with Crippen LogP contribution >= 0.6 is 0 Å². The van der Waals surface area contributed by atoms with E-state index in [2.05, 4.69) is 22.1 Å². The third kappa shape index (κ3) is 4.30. The van der Waals surface area contributed by atoms with Gasteiger partial charge in [0.05, 0.1) is 24.2 Å². The number of para-hydroxylation sites is 1. The van der Waals surface area contributed by atoms with E-state index in [1.807, 2.05) is 72.8 Å². The average Bonchev–Trinajstić information content (AvgIpc) is 2.80. The van der Waals surface area contributed by atoms with E-state index >= 15 is 0 Å². The average molecular weight is 396 g/mol. The van der Waals surface area contributed by atoms with Gasteiger partial charge in [0.2, 0.25) is 0 Å². The minimum atomic E-state index is 0.625. The van der Waals surface area contributed by atoms with Gasteiger partial charge in [0.1, 0.15) is 17.1 Å². The predicted molar refractivity (Wildman–Crippen MR) is 123 cm³/mol. The van der Waals surface area contributed by atoms with Crippen LogP contribution in [0.4, 0.5) is 17.1 Å². The Morgan fingerprint density at radius 2 is 1.73 bits per heavy atom. The summed E-state index contributed by atoms with van der Waals surface area (Å²) in [7, 11) is 0. The molecule has 0 aliphatic rings. The van der Waals surface area contributed by atoms with Gasteiger partial charge >= 0.3 is 0 Å². The molecule has 0 fully saturated rings. The molecule has 1 heterocycles. The van der Waals surface area contributed by atoms with E-state index in [4.69, 9.17) is 10.5 Å². The maximum absolute atomic E-state index is 6.27. The quantitative estimate of drug-likeness (QED) is 0.206. The van der Waals surface area contributed by atoms with E-state index < -0.39 is 0 Å². The summed E-state index contributed by atoms with van der Waals surface area (Å²) in [5.41, 5.74) is 10.0. The first-order chi connectivity index (χ1) is 14.8. The molecular formula is C25H24N4O. The van der Waals surface area contributed by atoms with Crippen LogP contribution < -0.4 is 10.5 Å². The Kier molecular flexibility index (Phi) is 5.99. The Morgan fingerprint density at radius 1 is 0.900 bits per heavy atom. The van der Waals surface area contributed by atoms with Crippen LogP contribution in [0.1, 0.15) is 19.8 Å². The van der Waals surface area contributed by atoms with Crippen molar-refractivity contribution in [3.63, 3.8) is 0 Å². The van der Waals surface area contributed by atoms with Crippen molar-refractivity contribution in [2.75, 3.05) is 12.3 Å². The molecule has 0 aliphatic heterocycles. The van der Waals surface area contributed by atoms with E-state index in [9.17, 15) is 0 Å². The van der Waals surface area contributed by atoms with Crippen LogP contribution in [0.15, 0.2) is 89.2 Å². The lowest BCUT2D eigenvalue weighted by Crippen LogP contribution is -1.98. The van der Waals surface area contributed by atoms with Crippen LogP contribution in [-0.2, 0) is 0 Å². The number of anilines is 1. The second-order valence-corrected chi connectivity index (χ2v) is 7.02. The Morgan fingerprint density at radius 3 is 2.57 bits per heavy atom. The smallest absolute Gasteiger partial charge is 0.128 e. The Hall–Kier alpha value is -3.73. The van der Waals surface area contributed by atoms with Crippen molar-refractivity contribution in [1.29, 1.82) is 0 Å². The number of fused-ring (bicyclic) bond motifs is 1. The van der Waals surface area contributed by atoms with E-state index in [1.54, 1.807) is 6.20 Å². The molecule has 0 amide bonds. The van der Waals surface area contributed by atoms with Gasteiger partial charge in [-0.15, -0.1) is 10.2 Å². The van der Waals surface area contributed by atoms with Gasteiger partial charge in [-0.1, -0.05) is 55.8 Å².